The fourth-order valence-corrected chi connectivity index (χ4v) is 5.95. The molecule has 0 fully saturated rings. The van der Waals surface area contributed by atoms with Crippen LogP contribution in [0, 0.1) is 5.92 Å². The van der Waals surface area contributed by atoms with Crippen molar-refractivity contribution < 1.29 is 33.6 Å². The molecule has 11 heteroatoms. The number of ether oxygens (including phenoxy) is 4. The Bertz CT molecular complexity index is 1650. The van der Waals surface area contributed by atoms with Crippen LogP contribution in [-0.2, 0) is 4.79 Å². The first kappa shape index (κ1) is 30.2. The van der Waals surface area contributed by atoms with Crippen LogP contribution >= 0.6 is 11.6 Å². The Hall–Kier alpha value is -4.31. The van der Waals surface area contributed by atoms with E-state index in [0.29, 0.717) is 13.0 Å². The number of aliphatic imine (C=N–C) groups is 1. The van der Waals surface area contributed by atoms with Gasteiger partial charge in [0, 0.05) is 54.9 Å². The molecule has 226 valence electrons. The number of nitrogens with zero attached hydrogens (tertiary/aromatic N) is 2. The van der Waals surface area contributed by atoms with Crippen molar-refractivity contribution in [1.29, 1.82) is 0 Å². The number of aliphatic hydroxyl groups is 1. The summed E-state index contributed by atoms with van der Waals surface area (Å²) in [6.45, 7) is 4.15. The van der Waals surface area contributed by atoms with E-state index in [1.807, 2.05) is 24.3 Å². The molecule has 0 radical (unpaired) electrons. The fraction of sp³-hybridized carbons (Fsp3) is 0.375. The van der Waals surface area contributed by atoms with Gasteiger partial charge in [0.05, 0.1) is 38.1 Å². The molecule has 1 spiro atoms. The number of hydrogen-bond acceptors (Lipinski definition) is 10. The van der Waals surface area contributed by atoms with Crippen molar-refractivity contribution in [3.8, 4) is 23.0 Å². The van der Waals surface area contributed by atoms with Crippen molar-refractivity contribution in [2.45, 2.75) is 44.8 Å². The first-order valence-electron chi connectivity index (χ1n) is 14.0. The van der Waals surface area contributed by atoms with Crippen LogP contribution in [0.1, 0.15) is 43.5 Å². The van der Waals surface area contributed by atoms with Crippen LogP contribution in [0.5, 0.6) is 23.0 Å². The number of hydrogen-bond donors (Lipinski definition) is 2. The molecule has 0 saturated heterocycles. The molecule has 5 rings (SSSR count). The second-order valence-corrected chi connectivity index (χ2v) is 11.1. The molecular formula is C32H34ClN3O7. The molecule has 1 aliphatic carbocycles. The second kappa shape index (κ2) is 12.1. The van der Waals surface area contributed by atoms with Crippen LogP contribution in [-0.4, -0.2) is 67.4 Å². The quantitative estimate of drug-likeness (QED) is 0.210. The zero-order chi connectivity index (χ0) is 30.9. The highest BCUT2D eigenvalue weighted by molar-refractivity contribution is 6.35. The zero-order valence-electron chi connectivity index (χ0n) is 24.7. The minimum Gasteiger partial charge on any atom is -0.507 e. The van der Waals surface area contributed by atoms with Gasteiger partial charge in [0.2, 0.25) is 11.4 Å². The number of rotatable bonds is 10. The SMILES string of the molecule is COc1cc(NC(C)CCCN=CC2=C(O)C3(Oc4c(Cl)c(OC)cc(OC)c4C3=O)C(C)CC2=O)c2ncccc2c1. The number of carbonyl (C=O) groups is 2. The average Bonchev–Trinajstić information content (AvgIpc) is 3.32. The number of methoxy groups -OCH3 is 3. The Morgan fingerprint density at radius 2 is 1.98 bits per heavy atom. The van der Waals surface area contributed by atoms with Crippen LogP contribution in [0.2, 0.25) is 5.02 Å². The molecule has 43 heavy (non-hydrogen) atoms. The van der Waals surface area contributed by atoms with Gasteiger partial charge in [0.1, 0.15) is 27.8 Å². The van der Waals surface area contributed by atoms with Crippen LogP contribution < -0.4 is 24.3 Å². The van der Waals surface area contributed by atoms with E-state index in [2.05, 4.69) is 22.2 Å². The molecule has 0 amide bonds. The summed E-state index contributed by atoms with van der Waals surface area (Å²) in [5.41, 5.74) is -0.0471. The molecule has 3 atom stereocenters. The number of allylic oxidation sites excluding steroid dienone is 1. The lowest BCUT2D eigenvalue weighted by molar-refractivity contribution is -0.118. The van der Waals surface area contributed by atoms with Crippen LogP contribution in [0.3, 0.4) is 0 Å². The van der Waals surface area contributed by atoms with Gasteiger partial charge in [-0.15, -0.1) is 0 Å². The highest BCUT2D eigenvalue weighted by Gasteiger charge is 2.60. The highest BCUT2D eigenvalue weighted by atomic mass is 35.5. The number of ketones is 2. The van der Waals surface area contributed by atoms with Crippen molar-refractivity contribution in [2.75, 3.05) is 33.2 Å². The topological polar surface area (TPSA) is 129 Å². The van der Waals surface area contributed by atoms with Gasteiger partial charge >= 0.3 is 0 Å². The average molecular weight is 608 g/mol. The summed E-state index contributed by atoms with van der Waals surface area (Å²) in [5.74, 6) is -0.764. The van der Waals surface area contributed by atoms with E-state index in [0.717, 1.165) is 28.8 Å². The maximum atomic E-state index is 13.8. The summed E-state index contributed by atoms with van der Waals surface area (Å²) >= 11 is 6.49. The lowest BCUT2D eigenvalue weighted by Crippen LogP contribution is -2.52. The van der Waals surface area contributed by atoms with Crippen molar-refractivity contribution in [3.05, 3.63) is 58.4 Å². The predicted molar refractivity (Wildman–Crippen MR) is 165 cm³/mol. The van der Waals surface area contributed by atoms with Gasteiger partial charge in [-0.25, -0.2) is 0 Å². The molecule has 3 unspecified atom stereocenters. The van der Waals surface area contributed by atoms with Crippen LogP contribution in [0.25, 0.3) is 10.9 Å². The maximum absolute atomic E-state index is 13.8. The molecular weight excluding hydrogens is 574 g/mol. The number of carbonyl (C=O) groups excluding carboxylic acids is 2. The number of pyridine rings is 1. The number of halogens is 1. The molecule has 2 aromatic carbocycles. The number of fused-ring (bicyclic) bond motifs is 2. The van der Waals surface area contributed by atoms with Crippen LogP contribution in [0.15, 0.2) is 52.9 Å². The highest BCUT2D eigenvalue weighted by Crippen LogP contribution is 2.54. The third-order valence-corrected chi connectivity index (χ3v) is 8.33. The minimum atomic E-state index is -1.83. The first-order chi connectivity index (χ1) is 20.7. The van der Waals surface area contributed by atoms with Gasteiger partial charge in [-0.2, -0.15) is 0 Å². The maximum Gasteiger partial charge on any atom is 0.231 e. The molecule has 2 heterocycles. The Labute approximate surface area is 254 Å². The Morgan fingerprint density at radius 1 is 1.21 bits per heavy atom. The summed E-state index contributed by atoms with van der Waals surface area (Å²) in [6, 6.07) is 9.33. The summed E-state index contributed by atoms with van der Waals surface area (Å²) in [4.78, 5) is 35.7. The summed E-state index contributed by atoms with van der Waals surface area (Å²) in [7, 11) is 4.48. The second-order valence-electron chi connectivity index (χ2n) is 10.7. The van der Waals surface area contributed by atoms with Gasteiger partial charge in [-0.1, -0.05) is 24.6 Å². The normalized spacial score (nSPS) is 20.5. The van der Waals surface area contributed by atoms with Gasteiger partial charge in [-0.05, 0) is 31.9 Å². The molecule has 2 N–H and O–H groups in total. The monoisotopic (exact) mass is 607 g/mol. The predicted octanol–water partition coefficient (Wildman–Crippen LogP) is 6.00. The largest absolute Gasteiger partial charge is 0.507 e. The van der Waals surface area contributed by atoms with E-state index in [-0.39, 0.29) is 51.7 Å². The van der Waals surface area contributed by atoms with Gasteiger partial charge < -0.3 is 29.4 Å². The fourth-order valence-electron chi connectivity index (χ4n) is 5.69. The number of Topliss-reactive ketones (excluding diaryl/α,β-unsaturated/α-hetero) is 2. The minimum absolute atomic E-state index is 0.0221. The van der Waals surface area contributed by atoms with E-state index >= 15 is 0 Å². The molecule has 1 aliphatic heterocycles. The third-order valence-electron chi connectivity index (χ3n) is 7.97. The number of anilines is 1. The number of aromatic nitrogens is 1. The van der Waals surface area contributed by atoms with E-state index in [9.17, 15) is 14.7 Å². The summed E-state index contributed by atoms with van der Waals surface area (Å²) < 4.78 is 22.3. The molecule has 3 aromatic rings. The molecule has 0 saturated carbocycles. The lowest BCUT2D eigenvalue weighted by Gasteiger charge is -2.36. The van der Waals surface area contributed by atoms with Gasteiger partial charge in [0.15, 0.2) is 17.3 Å². The molecule has 10 nitrogen and oxygen atoms in total. The van der Waals surface area contributed by atoms with E-state index in [1.165, 1.54) is 26.5 Å². The number of benzene rings is 2. The van der Waals surface area contributed by atoms with Crippen molar-refractivity contribution in [3.63, 3.8) is 0 Å². The Balaban J connectivity index is 1.31. The molecule has 1 aromatic heterocycles. The molecule has 0 bridgehead atoms. The summed E-state index contributed by atoms with van der Waals surface area (Å²) in [5, 5.41) is 16.0. The van der Waals surface area contributed by atoms with Crippen LogP contribution in [0.4, 0.5) is 5.69 Å². The van der Waals surface area contributed by atoms with Gasteiger partial charge in [0.25, 0.3) is 0 Å². The van der Waals surface area contributed by atoms with Crippen molar-refractivity contribution in [1.82, 2.24) is 4.98 Å². The third kappa shape index (κ3) is 5.24. The van der Waals surface area contributed by atoms with E-state index < -0.39 is 23.1 Å². The van der Waals surface area contributed by atoms with E-state index in [4.69, 9.17) is 30.5 Å². The smallest absolute Gasteiger partial charge is 0.231 e. The standard InChI is InChI=1S/C32H34ClN3O7/c1-17-12-23(37)21(30(38)32(17)31(39)26-24(41-4)15-25(42-5)27(33)29(26)43-32)16-34-10-6-8-18(2)36-22-14-20(40-3)13-19-9-7-11-35-28(19)22/h7,9,11,13-18,36,38H,6,8,10,12H2,1-5H3. The lowest BCUT2D eigenvalue weighted by atomic mass is 9.73. The number of nitrogens with one attached hydrogen (secondary N) is 1. The van der Waals surface area contributed by atoms with Gasteiger partial charge in [-0.3, -0.25) is 19.6 Å². The number of aliphatic hydroxyl groups excluding tert-OH is 1. The van der Waals surface area contributed by atoms with E-state index in [1.54, 1.807) is 20.2 Å². The first-order valence-corrected chi connectivity index (χ1v) is 14.4. The Morgan fingerprint density at radius 3 is 2.70 bits per heavy atom. The Kier molecular flexibility index (Phi) is 8.50. The molecule has 2 aliphatic rings. The zero-order valence-corrected chi connectivity index (χ0v) is 25.4. The van der Waals surface area contributed by atoms with Crippen molar-refractivity contribution in [2.24, 2.45) is 10.9 Å². The summed E-state index contributed by atoms with van der Waals surface area (Å²) in [6.07, 6.45) is 4.55. The van der Waals surface area contributed by atoms with Crippen molar-refractivity contribution >= 4 is 46.0 Å².